The van der Waals surface area contributed by atoms with Crippen molar-refractivity contribution in [1.29, 1.82) is 0 Å². The van der Waals surface area contributed by atoms with E-state index in [0.29, 0.717) is 0 Å². The molecule has 0 aliphatic rings. The van der Waals surface area contributed by atoms with Crippen LogP contribution in [0.5, 0.6) is 0 Å². The fourth-order valence-corrected chi connectivity index (χ4v) is 1.17. The van der Waals surface area contributed by atoms with Crippen LogP contribution in [0.25, 0.3) is 0 Å². The fourth-order valence-electron chi connectivity index (χ4n) is 1.01. The van der Waals surface area contributed by atoms with E-state index in [9.17, 15) is 14.0 Å². The van der Waals surface area contributed by atoms with E-state index in [2.05, 4.69) is 10.6 Å². The molecular formula is C10H10ClFN2O3. The lowest BCUT2D eigenvalue weighted by Gasteiger charge is -2.11. The second-order valence-electron chi connectivity index (χ2n) is 3.28. The molecule has 0 fully saturated rings. The number of carbonyl (C=O) groups excluding carboxylic acids is 1. The Morgan fingerprint density at radius 2 is 2.12 bits per heavy atom. The largest absolute Gasteiger partial charge is 0.480 e. The molecule has 5 nitrogen and oxygen atoms in total. The van der Waals surface area contributed by atoms with Gasteiger partial charge in [-0.1, -0.05) is 11.6 Å². The number of carboxylic acid groups (broad SMARTS) is 1. The minimum atomic E-state index is -1.18. The van der Waals surface area contributed by atoms with Crippen LogP contribution in [-0.4, -0.2) is 23.1 Å². The summed E-state index contributed by atoms with van der Waals surface area (Å²) in [7, 11) is 0. The maximum Gasteiger partial charge on any atom is 0.325 e. The van der Waals surface area contributed by atoms with Crippen LogP contribution in [0.2, 0.25) is 5.02 Å². The van der Waals surface area contributed by atoms with E-state index < -0.39 is 23.9 Å². The van der Waals surface area contributed by atoms with Crippen LogP contribution in [0, 0.1) is 5.82 Å². The second-order valence-corrected chi connectivity index (χ2v) is 3.69. The lowest BCUT2D eigenvalue weighted by Crippen LogP contribution is -2.40. The van der Waals surface area contributed by atoms with Crippen molar-refractivity contribution in [3.05, 3.63) is 29.0 Å². The van der Waals surface area contributed by atoms with Crippen LogP contribution < -0.4 is 10.6 Å². The van der Waals surface area contributed by atoms with Gasteiger partial charge < -0.3 is 15.7 Å². The first kappa shape index (κ1) is 13.2. The molecule has 0 saturated carbocycles. The van der Waals surface area contributed by atoms with E-state index >= 15 is 0 Å². The number of aliphatic carboxylic acids is 1. The maximum absolute atomic E-state index is 12.9. The van der Waals surface area contributed by atoms with Gasteiger partial charge in [-0.25, -0.2) is 9.18 Å². The number of carbonyl (C=O) groups is 2. The topological polar surface area (TPSA) is 78.4 Å². The van der Waals surface area contributed by atoms with E-state index in [1.54, 1.807) is 0 Å². The van der Waals surface area contributed by atoms with Crippen molar-refractivity contribution in [3.63, 3.8) is 0 Å². The molecule has 0 saturated heterocycles. The van der Waals surface area contributed by atoms with E-state index in [1.807, 2.05) is 0 Å². The summed E-state index contributed by atoms with van der Waals surface area (Å²) in [6, 6.07) is 1.64. The van der Waals surface area contributed by atoms with Gasteiger partial charge in [0.05, 0.1) is 10.7 Å². The first-order chi connectivity index (χ1) is 7.90. The van der Waals surface area contributed by atoms with Crippen LogP contribution in [0.15, 0.2) is 18.2 Å². The number of halogens is 2. The Morgan fingerprint density at radius 3 is 2.71 bits per heavy atom. The maximum atomic E-state index is 12.9. The standard InChI is InChI=1S/C10H10ClFN2O3/c1-5(9(15)16)13-10(17)14-8-4-6(12)2-3-7(8)11/h2-5H,1H3,(H,15,16)(H2,13,14,17). The first-order valence-electron chi connectivity index (χ1n) is 4.65. The average Bonchev–Trinajstić information content (AvgIpc) is 2.23. The number of rotatable bonds is 3. The van der Waals surface area contributed by atoms with Crippen molar-refractivity contribution in [3.8, 4) is 0 Å². The quantitative estimate of drug-likeness (QED) is 0.778. The van der Waals surface area contributed by atoms with Gasteiger partial charge in [0.25, 0.3) is 0 Å². The molecule has 0 aliphatic heterocycles. The summed E-state index contributed by atoms with van der Waals surface area (Å²) in [4.78, 5) is 21.8. The molecular weight excluding hydrogens is 251 g/mol. The molecule has 1 aromatic carbocycles. The molecule has 1 atom stereocenters. The molecule has 0 heterocycles. The highest BCUT2D eigenvalue weighted by atomic mass is 35.5. The van der Waals surface area contributed by atoms with Gasteiger partial charge in [-0.3, -0.25) is 4.79 Å². The van der Waals surface area contributed by atoms with Crippen molar-refractivity contribution in [1.82, 2.24) is 5.32 Å². The molecule has 1 aromatic rings. The Morgan fingerprint density at radius 1 is 1.47 bits per heavy atom. The summed E-state index contributed by atoms with van der Waals surface area (Å²) >= 11 is 5.71. The molecule has 0 aliphatic carbocycles. The van der Waals surface area contributed by atoms with Gasteiger partial charge in [0.15, 0.2) is 0 Å². The molecule has 0 spiro atoms. The third-order valence-corrected chi connectivity index (χ3v) is 2.22. The predicted molar refractivity (Wildman–Crippen MR) is 60.7 cm³/mol. The number of benzene rings is 1. The van der Waals surface area contributed by atoms with Gasteiger partial charge >= 0.3 is 12.0 Å². The van der Waals surface area contributed by atoms with E-state index in [1.165, 1.54) is 13.0 Å². The minimum absolute atomic E-state index is 0.0711. The van der Waals surface area contributed by atoms with Crippen molar-refractivity contribution >= 4 is 29.3 Å². The Kier molecular flexibility index (Phi) is 4.28. The van der Waals surface area contributed by atoms with Gasteiger partial charge in [0.2, 0.25) is 0 Å². The van der Waals surface area contributed by atoms with Gasteiger partial charge in [-0.05, 0) is 25.1 Å². The highest BCUT2D eigenvalue weighted by molar-refractivity contribution is 6.33. The molecule has 7 heteroatoms. The molecule has 2 amide bonds. The first-order valence-corrected chi connectivity index (χ1v) is 5.03. The number of anilines is 1. The third-order valence-electron chi connectivity index (χ3n) is 1.89. The zero-order valence-electron chi connectivity index (χ0n) is 8.83. The molecule has 92 valence electrons. The smallest absolute Gasteiger partial charge is 0.325 e. The SMILES string of the molecule is CC(NC(=O)Nc1cc(F)ccc1Cl)C(=O)O. The van der Waals surface area contributed by atoms with Crippen LogP contribution in [0.4, 0.5) is 14.9 Å². The Balaban J connectivity index is 2.68. The summed E-state index contributed by atoms with van der Waals surface area (Å²) in [6.45, 7) is 1.30. The second kappa shape index (κ2) is 5.49. The Bertz CT molecular complexity index is 453. The zero-order chi connectivity index (χ0) is 13.0. The number of hydrogen-bond acceptors (Lipinski definition) is 2. The van der Waals surface area contributed by atoms with Crippen molar-refractivity contribution < 1.29 is 19.1 Å². The van der Waals surface area contributed by atoms with Crippen molar-refractivity contribution in [2.45, 2.75) is 13.0 Å². The zero-order valence-corrected chi connectivity index (χ0v) is 9.58. The summed E-state index contributed by atoms with van der Waals surface area (Å²) < 4.78 is 12.9. The molecule has 0 bridgehead atoms. The molecule has 1 unspecified atom stereocenters. The van der Waals surface area contributed by atoms with Gasteiger partial charge in [-0.15, -0.1) is 0 Å². The molecule has 1 rings (SSSR count). The number of nitrogens with one attached hydrogen (secondary N) is 2. The van der Waals surface area contributed by atoms with E-state index in [0.717, 1.165) is 12.1 Å². The van der Waals surface area contributed by atoms with Crippen LogP contribution in [0.3, 0.4) is 0 Å². The van der Waals surface area contributed by atoms with E-state index in [4.69, 9.17) is 16.7 Å². The van der Waals surface area contributed by atoms with Crippen LogP contribution >= 0.6 is 11.6 Å². The molecule has 3 N–H and O–H groups in total. The van der Waals surface area contributed by atoms with Gasteiger partial charge in [0, 0.05) is 0 Å². The van der Waals surface area contributed by atoms with Crippen molar-refractivity contribution in [2.75, 3.05) is 5.32 Å². The van der Waals surface area contributed by atoms with Crippen LogP contribution in [-0.2, 0) is 4.79 Å². The Hall–Kier alpha value is -1.82. The average molecular weight is 261 g/mol. The monoisotopic (exact) mass is 260 g/mol. The number of urea groups is 1. The normalized spacial score (nSPS) is 11.7. The lowest BCUT2D eigenvalue weighted by molar-refractivity contribution is -0.138. The summed E-state index contributed by atoms with van der Waals surface area (Å²) in [5.41, 5.74) is 0.0711. The highest BCUT2D eigenvalue weighted by Gasteiger charge is 2.14. The number of carboxylic acids is 1. The van der Waals surface area contributed by atoms with Crippen LogP contribution in [0.1, 0.15) is 6.92 Å². The molecule has 0 aromatic heterocycles. The molecule has 17 heavy (non-hydrogen) atoms. The van der Waals surface area contributed by atoms with E-state index in [-0.39, 0.29) is 10.7 Å². The van der Waals surface area contributed by atoms with Gasteiger partial charge in [0.1, 0.15) is 11.9 Å². The molecule has 0 radical (unpaired) electrons. The summed E-state index contributed by atoms with van der Waals surface area (Å²) in [5.74, 6) is -1.73. The summed E-state index contributed by atoms with van der Waals surface area (Å²) in [5, 5.41) is 13.1. The predicted octanol–water partition coefficient (Wildman–Crippen LogP) is 2.07. The Labute approximate surface area is 102 Å². The highest BCUT2D eigenvalue weighted by Crippen LogP contribution is 2.22. The fraction of sp³-hybridized carbons (Fsp3) is 0.200. The minimum Gasteiger partial charge on any atom is -0.480 e. The summed E-state index contributed by atoms with van der Waals surface area (Å²) in [6.07, 6.45) is 0. The van der Waals surface area contributed by atoms with Gasteiger partial charge in [-0.2, -0.15) is 0 Å². The van der Waals surface area contributed by atoms with Crippen molar-refractivity contribution in [2.24, 2.45) is 0 Å². The third kappa shape index (κ3) is 3.92. The lowest BCUT2D eigenvalue weighted by atomic mass is 10.3. The number of hydrogen-bond donors (Lipinski definition) is 3. The number of amides is 2.